The molecule has 1 aromatic heterocycles. The van der Waals surface area contributed by atoms with Crippen molar-refractivity contribution in [1.82, 2.24) is 14.7 Å². The van der Waals surface area contributed by atoms with Crippen LogP contribution in [0.15, 0.2) is 17.3 Å². The van der Waals surface area contributed by atoms with E-state index in [2.05, 4.69) is 24.6 Å². The molecule has 1 N–H and O–H groups in total. The fraction of sp³-hybridized carbons (Fsp3) is 0.545. The van der Waals surface area contributed by atoms with Crippen molar-refractivity contribution in [3.63, 3.8) is 0 Å². The summed E-state index contributed by atoms with van der Waals surface area (Å²) in [6, 6.07) is 0. The third-order valence-electron chi connectivity index (χ3n) is 3.02. The SMILES string of the molecule is CC1=NCN(c2nsc(N3CCNCC3)n2)C=C1. The minimum Gasteiger partial charge on any atom is -0.344 e. The van der Waals surface area contributed by atoms with E-state index in [0.29, 0.717) is 6.67 Å². The van der Waals surface area contributed by atoms with Crippen LogP contribution in [0.4, 0.5) is 11.1 Å². The van der Waals surface area contributed by atoms with E-state index in [1.165, 1.54) is 11.5 Å². The summed E-state index contributed by atoms with van der Waals surface area (Å²) < 4.78 is 4.41. The lowest BCUT2D eigenvalue weighted by atomic mass is 10.4. The van der Waals surface area contributed by atoms with Gasteiger partial charge >= 0.3 is 0 Å². The van der Waals surface area contributed by atoms with Gasteiger partial charge in [0.1, 0.15) is 6.67 Å². The number of nitrogens with one attached hydrogen (secondary N) is 1. The van der Waals surface area contributed by atoms with Crippen LogP contribution in [-0.4, -0.2) is 47.9 Å². The normalized spacial score (nSPS) is 20.2. The van der Waals surface area contributed by atoms with Gasteiger partial charge in [0.15, 0.2) is 0 Å². The second-order valence-electron chi connectivity index (χ2n) is 4.34. The summed E-state index contributed by atoms with van der Waals surface area (Å²) in [5, 5.41) is 4.34. The molecule has 18 heavy (non-hydrogen) atoms. The molecule has 0 saturated carbocycles. The van der Waals surface area contributed by atoms with Gasteiger partial charge in [0.25, 0.3) is 0 Å². The maximum atomic E-state index is 4.59. The number of rotatable bonds is 2. The van der Waals surface area contributed by atoms with Gasteiger partial charge < -0.3 is 10.2 Å². The Morgan fingerprint density at radius 3 is 2.89 bits per heavy atom. The summed E-state index contributed by atoms with van der Waals surface area (Å²) in [4.78, 5) is 13.2. The van der Waals surface area contributed by atoms with Gasteiger partial charge in [-0.05, 0) is 13.0 Å². The van der Waals surface area contributed by atoms with E-state index in [1.54, 1.807) is 0 Å². The maximum Gasteiger partial charge on any atom is 0.244 e. The molecular weight excluding hydrogens is 248 g/mol. The average molecular weight is 264 g/mol. The molecule has 0 atom stereocenters. The van der Waals surface area contributed by atoms with Crippen LogP contribution in [0.3, 0.4) is 0 Å². The first kappa shape index (κ1) is 11.6. The van der Waals surface area contributed by atoms with Crippen molar-refractivity contribution in [2.75, 3.05) is 42.6 Å². The van der Waals surface area contributed by atoms with Gasteiger partial charge in [0.05, 0.1) is 0 Å². The summed E-state index contributed by atoms with van der Waals surface area (Å²) in [6.45, 7) is 6.64. The molecule has 0 aromatic carbocycles. The van der Waals surface area contributed by atoms with Crippen molar-refractivity contribution in [1.29, 1.82) is 0 Å². The molecule has 0 radical (unpaired) electrons. The summed E-state index contributed by atoms with van der Waals surface area (Å²) in [6.07, 6.45) is 3.97. The Morgan fingerprint density at radius 2 is 2.17 bits per heavy atom. The smallest absolute Gasteiger partial charge is 0.244 e. The summed E-state index contributed by atoms with van der Waals surface area (Å²) in [5.74, 6) is 0.751. The third kappa shape index (κ3) is 2.37. The van der Waals surface area contributed by atoms with E-state index >= 15 is 0 Å². The Labute approximate surface area is 110 Å². The highest BCUT2D eigenvalue weighted by Crippen LogP contribution is 2.23. The largest absolute Gasteiger partial charge is 0.344 e. The molecular formula is C11H16N6S. The Balaban J connectivity index is 1.71. The summed E-state index contributed by atoms with van der Waals surface area (Å²) >= 11 is 1.46. The van der Waals surface area contributed by atoms with Crippen LogP contribution in [-0.2, 0) is 0 Å². The van der Waals surface area contributed by atoms with E-state index in [4.69, 9.17) is 0 Å². The lowest BCUT2D eigenvalue weighted by Gasteiger charge is -2.26. The molecule has 0 amide bonds. The van der Waals surface area contributed by atoms with Crippen LogP contribution >= 0.6 is 11.5 Å². The van der Waals surface area contributed by atoms with Gasteiger partial charge in [-0.1, -0.05) is 0 Å². The average Bonchev–Trinajstić information content (AvgIpc) is 2.90. The first-order chi connectivity index (χ1) is 8.83. The predicted molar refractivity (Wildman–Crippen MR) is 74.6 cm³/mol. The fourth-order valence-corrected chi connectivity index (χ4v) is 2.65. The quantitative estimate of drug-likeness (QED) is 0.852. The zero-order valence-corrected chi connectivity index (χ0v) is 11.2. The Kier molecular flexibility index (Phi) is 3.24. The highest BCUT2D eigenvalue weighted by Gasteiger charge is 2.17. The highest BCUT2D eigenvalue weighted by molar-refractivity contribution is 7.09. The molecule has 3 rings (SSSR count). The predicted octanol–water partition coefficient (Wildman–Crippen LogP) is 0.700. The van der Waals surface area contributed by atoms with E-state index in [1.807, 2.05) is 24.1 Å². The minimum absolute atomic E-state index is 0.611. The first-order valence-corrected chi connectivity index (χ1v) is 6.85. The van der Waals surface area contributed by atoms with Gasteiger partial charge in [-0.3, -0.25) is 9.89 Å². The second-order valence-corrected chi connectivity index (χ2v) is 5.07. The standard InChI is InChI=1S/C11H16N6S/c1-9-2-5-17(8-13-9)10-14-11(18-15-10)16-6-3-12-4-7-16/h2,5,12H,3-4,6-8H2,1H3. The fourth-order valence-electron chi connectivity index (χ4n) is 1.92. The topological polar surface area (TPSA) is 56.7 Å². The zero-order chi connectivity index (χ0) is 12.4. The van der Waals surface area contributed by atoms with Crippen LogP contribution < -0.4 is 15.1 Å². The van der Waals surface area contributed by atoms with Crippen molar-refractivity contribution in [3.05, 3.63) is 12.3 Å². The van der Waals surface area contributed by atoms with Crippen LogP contribution in [0, 0.1) is 0 Å². The Morgan fingerprint density at radius 1 is 1.33 bits per heavy atom. The van der Waals surface area contributed by atoms with Gasteiger partial charge in [0, 0.05) is 49.6 Å². The summed E-state index contributed by atoms with van der Waals surface area (Å²) in [7, 11) is 0. The third-order valence-corrected chi connectivity index (χ3v) is 3.78. The molecule has 1 fully saturated rings. The van der Waals surface area contributed by atoms with E-state index in [-0.39, 0.29) is 0 Å². The molecule has 0 unspecified atom stereocenters. The Hall–Kier alpha value is -1.47. The van der Waals surface area contributed by atoms with Crippen molar-refractivity contribution >= 4 is 28.3 Å². The molecule has 2 aliphatic rings. The van der Waals surface area contributed by atoms with Gasteiger partial charge in [-0.15, -0.1) is 0 Å². The molecule has 2 aliphatic heterocycles. The van der Waals surface area contributed by atoms with Gasteiger partial charge in [-0.2, -0.15) is 9.36 Å². The number of nitrogens with zero attached hydrogens (tertiary/aromatic N) is 5. The van der Waals surface area contributed by atoms with E-state index < -0.39 is 0 Å². The van der Waals surface area contributed by atoms with Crippen LogP contribution in [0.1, 0.15) is 6.92 Å². The van der Waals surface area contributed by atoms with Gasteiger partial charge in [-0.25, -0.2) is 0 Å². The lowest BCUT2D eigenvalue weighted by molar-refractivity contribution is 0.588. The molecule has 6 nitrogen and oxygen atoms in total. The lowest BCUT2D eigenvalue weighted by Crippen LogP contribution is -2.43. The number of aliphatic imine (C=N–C) groups is 1. The molecule has 1 saturated heterocycles. The molecule has 3 heterocycles. The number of aromatic nitrogens is 2. The molecule has 1 aromatic rings. The van der Waals surface area contributed by atoms with Gasteiger partial charge in [0.2, 0.25) is 11.1 Å². The second kappa shape index (κ2) is 5.03. The minimum atomic E-state index is 0.611. The molecule has 0 aliphatic carbocycles. The van der Waals surface area contributed by atoms with Crippen molar-refractivity contribution in [2.24, 2.45) is 4.99 Å². The molecule has 0 spiro atoms. The molecule has 0 bridgehead atoms. The Bertz CT molecular complexity index is 474. The summed E-state index contributed by atoms with van der Waals surface area (Å²) in [5.41, 5.74) is 1.05. The number of hydrogen-bond donors (Lipinski definition) is 1. The number of allylic oxidation sites excluding steroid dienone is 1. The van der Waals surface area contributed by atoms with Crippen molar-refractivity contribution in [3.8, 4) is 0 Å². The van der Waals surface area contributed by atoms with E-state index in [0.717, 1.165) is 43.0 Å². The van der Waals surface area contributed by atoms with E-state index in [9.17, 15) is 0 Å². The number of anilines is 2. The molecule has 96 valence electrons. The number of piperazine rings is 1. The van der Waals surface area contributed by atoms with Crippen molar-refractivity contribution in [2.45, 2.75) is 6.92 Å². The maximum absolute atomic E-state index is 4.59. The number of hydrogen-bond acceptors (Lipinski definition) is 7. The van der Waals surface area contributed by atoms with Crippen LogP contribution in [0.5, 0.6) is 0 Å². The monoisotopic (exact) mass is 264 g/mol. The van der Waals surface area contributed by atoms with Crippen LogP contribution in [0.25, 0.3) is 0 Å². The first-order valence-electron chi connectivity index (χ1n) is 6.08. The van der Waals surface area contributed by atoms with Crippen LogP contribution in [0.2, 0.25) is 0 Å². The zero-order valence-electron chi connectivity index (χ0n) is 10.3. The molecule has 7 heteroatoms. The highest BCUT2D eigenvalue weighted by atomic mass is 32.1. The van der Waals surface area contributed by atoms with Crippen molar-refractivity contribution < 1.29 is 0 Å².